The highest BCUT2D eigenvalue weighted by molar-refractivity contribution is 7.92. The Morgan fingerprint density at radius 1 is 1.14 bits per heavy atom. The lowest BCUT2D eigenvalue weighted by Gasteiger charge is -2.09. The zero-order valence-corrected chi connectivity index (χ0v) is 13.5. The first kappa shape index (κ1) is 17.5. The summed E-state index contributed by atoms with van der Waals surface area (Å²) < 4.78 is 24.5. The lowest BCUT2D eigenvalue weighted by molar-refractivity contribution is -0.116. The van der Waals surface area contributed by atoms with Crippen LogP contribution in [0.25, 0.3) is 0 Å². The van der Waals surface area contributed by atoms with Crippen LogP contribution in [0, 0.1) is 0 Å². The van der Waals surface area contributed by atoms with Gasteiger partial charge in [0.05, 0.1) is 6.26 Å². The van der Waals surface area contributed by atoms with Crippen molar-refractivity contribution >= 4 is 27.3 Å². The van der Waals surface area contributed by atoms with E-state index >= 15 is 0 Å². The number of hydrogen-bond donors (Lipinski definition) is 3. The third kappa shape index (κ3) is 8.31. The Morgan fingerprint density at radius 3 is 2.24 bits per heavy atom. The molecule has 0 aliphatic carbocycles. The molecule has 0 saturated heterocycles. The van der Waals surface area contributed by atoms with Crippen LogP contribution in [-0.4, -0.2) is 33.2 Å². The van der Waals surface area contributed by atoms with Crippen LogP contribution in [0.5, 0.6) is 0 Å². The van der Waals surface area contributed by atoms with Crippen LogP contribution in [0.2, 0.25) is 0 Å². The molecule has 0 fully saturated rings. The van der Waals surface area contributed by atoms with Crippen molar-refractivity contribution < 1.29 is 13.2 Å². The predicted octanol–water partition coefficient (Wildman–Crippen LogP) is 1.77. The van der Waals surface area contributed by atoms with Gasteiger partial charge in [-0.3, -0.25) is 9.52 Å². The van der Waals surface area contributed by atoms with Crippen molar-refractivity contribution in [3.05, 3.63) is 24.3 Å². The molecule has 0 aromatic heterocycles. The van der Waals surface area contributed by atoms with Gasteiger partial charge in [0.2, 0.25) is 15.9 Å². The molecule has 0 aliphatic rings. The Labute approximate surface area is 126 Å². The second-order valence-electron chi connectivity index (χ2n) is 5.21. The third-order valence-electron chi connectivity index (χ3n) is 2.61. The van der Waals surface area contributed by atoms with Crippen molar-refractivity contribution in [1.82, 2.24) is 5.32 Å². The molecular formula is C14H23N3O3S. The quantitative estimate of drug-likeness (QED) is 0.638. The summed E-state index contributed by atoms with van der Waals surface area (Å²) in [4.78, 5) is 11.7. The van der Waals surface area contributed by atoms with Crippen LogP contribution in [0.15, 0.2) is 24.3 Å². The zero-order valence-electron chi connectivity index (χ0n) is 12.6. The van der Waals surface area contributed by atoms with Crippen molar-refractivity contribution in [2.24, 2.45) is 0 Å². The molecule has 0 atom stereocenters. The van der Waals surface area contributed by atoms with Gasteiger partial charge in [0.1, 0.15) is 0 Å². The first-order valence-electron chi connectivity index (χ1n) is 6.87. The van der Waals surface area contributed by atoms with Crippen molar-refractivity contribution in [3.8, 4) is 0 Å². The molecule has 1 aromatic carbocycles. The predicted molar refractivity (Wildman–Crippen MR) is 85.9 cm³/mol. The number of hydrogen-bond acceptors (Lipinski definition) is 4. The van der Waals surface area contributed by atoms with Gasteiger partial charge in [-0.2, -0.15) is 0 Å². The van der Waals surface area contributed by atoms with Crippen molar-refractivity contribution in [3.63, 3.8) is 0 Å². The number of sulfonamides is 1. The first-order valence-corrected chi connectivity index (χ1v) is 8.76. The fraction of sp³-hybridized carbons (Fsp3) is 0.500. The van der Waals surface area contributed by atoms with E-state index in [1.807, 2.05) is 0 Å². The second-order valence-corrected chi connectivity index (χ2v) is 6.96. The summed E-state index contributed by atoms with van der Waals surface area (Å²) in [6, 6.07) is 6.96. The van der Waals surface area contributed by atoms with Crippen LogP contribution >= 0.6 is 0 Å². The van der Waals surface area contributed by atoms with E-state index in [4.69, 9.17) is 0 Å². The monoisotopic (exact) mass is 313 g/mol. The fourth-order valence-electron chi connectivity index (χ4n) is 1.70. The van der Waals surface area contributed by atoms with Crippen LogP contribution in [0.3, 0.4) is 0 Å². The summed E-state index contributed by atoms with van der Waals surface area (Å²) in [5, 5.41) is 6.02. The van der Waals surface area contributed by atoms with Gasteiger partial charge in [-0.15, -0.1) is 0 Å². The van der Waals surface area contributed by atoms with Crippen LogP contribution in [0.1, 0.15) is 26.7 Å². The van der Waals surface area contributed by atoms with Crippen LogP contribution < -0.4 is 15.4 Å². The molecule has 7 heteroatoms. The molecule has 0 spiro atoms. The van der Waals surface area contributed by atoms with Crippen LogP contribution in [-0.2, 0) is 14.8 Å². The number of carbonyl (C=O) groups is 1. The highest BCUT2D eigenvalue weighted by Gasteiger charge is 2.04. The minimum atomic E-state index is -3.28. The Bertz CT molecular complexity index is 553. The second kappa shape index (κ2) is 7.99. The number of carbonyl (C=O) groups excluding carboxylic acids is 1. The average Bonchev–Trinajstić information content (AvgIpc) is 2.35. The zero-order chi connectivity index (χ0) is 15.9. The van der Waals surface area contributed by atoms with E-state index in [0.717, 1.165) is 19.2 Å². The summed E-state index contributed by atoms with van der Waals surface area (Å²) in [5.41, 5.74) is 1.12. The summed E-state index contributed by atoms with van der Waals surface area (Å²) in [7, 11) is -3.28. The van der Waals surface area contributed by atoms with Crippen molar-refractivity contribution in [2.45, 2.75) is 32.7 Å². The van der Waals surface area contributed by atoms with Crippen molar-refractivity contribution in [2.75, 3.05) is 22.8 Å². The molecule has 21 heavy (non-hydrogen) atoms. The number of rotatable bonds is 8. The van der Waals surface area contributed by atoms with Gasteiger partial charge < -0.3 is 10.6 Å². The lowest BCUT2D eigenvalue weighted by atomic mass is 10.2. The van der Waals surface area contributed by atoms with Crippen molar-refractivity contribution in [1.29, 1.82) is 0 Å². The summed E-state index contributed by atoms with van der Waals surface area (Å²) >= 11 is 0. The topological polar surface area (TPSA) is 87.3 Å². The molecular weight excluding hydrogens is 290 g/mol. The minimum absolute atomic E-state index is 0.0515. The van der Waals surface area contributed by atoms with Gasteiger partial charge in [-0.05, 0) is 37.2 Å². The SMILES string of the molecule is CC(C)NCCCC(=O)Nc1ccc(NS(C)(=O)=O)cc1. The van der Waals surface area contributed by atoms with Gasteiger partial charge in [0.25, 0.3) is 0 Å². The van der Waals surface area contributed by atoms with Gasteiger partial charge in [0, 0.05) is 23.8 Å². The molecule has 0 bridgehead atoms. The lowest BCUT2D eigenvalue weighted by Crippen LogP contribution is -2.24. The Hall–Kier alpha value is -1.60. The summed E-state index contributed by atoms with van der Waals surface area (Å²) in [5.74, 6) is -0.0515. The normalized spacial score (nSPS) is 11.4. The molecule has 3 N–H and O–H groups in total. The maximum Gasteiger partial charge on any atom is 0.229 e. The largest absolute Gasteiger partial charge is 0.326 e. The fourth-order valence-corrected chi connectivity index (χ4v) is 2.26. The van der Waals surface area contributed by atoms with E-state index in [2.05, 4.69) is 29.2 Å². The Balaban J connectivity index is 2.39. The number of nitrogens with one attached hydrogen (secondary N) is 3. The molecule has 0 heterocycles. The molecule has 6 nitrogen and oxygen atoms in total. The van der Waals surface area contributed by atoms with E-state index in [9.17, 15) is 13.2 Å². The van der Waals surface area contributed by atoms with Gasteiger partial charge in [-0.1, -0.05) is 13.8 Å². The Morgan fingerprint density at radius 2 is 1.71 bits per heavy atom. The average molecular weight is 313 g/mol. The van der Waals surface area contributed by atoms with Crippen LogP contribution in [0.4, 0.5) is 11.4 Å². The number of amides is 1. The molecule has 1 rings (SSSR count). The standard InChI is InChI=1S/C14H23N3O3S/c1-11(2)15-10-4-5-14(18)16-12-6-8-13(9-7-12)17-21(3,19)20/h6-9,11,15,17H,4-5,10H2,1-3H3,(H,16,18). The highest BCUT2D eigenvalue weighted by atomic mass is 32.2. The van der Waals surface area contributed by atoms with Gasteiger partial charge in [-0.25, -0.2) is 8.42 Å². The molecule has 0 saturated carbocycles. The van der Waals surface area contributed by atoms with Gasteiger partial charge in [0.15, 0.2) is 0 Å². The first-order chi connectivity index (χ1) is 9.76. The molecule has 118 valence electrons. The molecule has 1 amide bonds. The maximum atomic E-state index is 11.7. The third-order valence-corrected chi connectivity index (χ3v) is 3.21. The highest BCUT2D eigenvalue weighted by Crippen LogP contribution is 2.14. The summed E-state index contributed by atoms with van der Waals surface area (Å²) in [6.07, 6.45) is 2.31. The van der Waals surface area contributed by atoms with Gasteiger partial charge >= 0.3 is 0 Å². The molecule has 0 unspecified atom stereocenters. The van der Waals surface area contributed by atoms with E-state index in [0.29, 0.717) is 23.8 Å². The Kier molecular flexibility index (Phi) is 6.64. The summed E-state index contributed by atoms with van der Waals surface area (Å²) in [6.45, 7) is 4.93. The van der Waals surface area contributed by atoms with E-state index in [1.54, 1.807) is 24.3 Å². The van der Waals surface area contributed by atoms with E-state index in [1.165, 1.54) is 0 Å². The molecule has 1 aromatic rings. The molecule has 0 aliphatic heterocycles. The minimum Gasteiger partial charge on any atom is -0.326 e. The number of benzene rings is 1. The maximum absolute atomic E-state index is 11.7. The van der Waals surface area contributed by atoms with E-state index in [-0.39, 0.29) is 5.91 Å². The molecule has 0 radical (unpaired) electrons. The number of anilines is 2. The smallest absolute Gasteiger partial charge is 0.229 e. The van der Waals surface area contributed by atoms with E-state index < -0.39 is 10.0 Å².